The minimum atomic E-state index is 0.505. The molecule has 0 aliphatic carbocycles. The molecule has 0 fully saturated rings. The van der Waals surface area contributed by atoms with Crippen molar-refractivity contribution in [2.75, 3.05) is 5.73 Å². The van der Waals surface area contributed by atoms with E-state index < -0.39 is 0 Å². The zero-order chi connectivity index (χ0) is 16.6. The van der Waals surface area contributed by atoms with Crippen LogP contribution in [0, 0.1) is 3.95 Å². The predicted molar refractivity (Wildman–Crippen MR) is 104 cm³/mol. The molecule has 0 radical (unpaired) electrons. The van der Waals surface area contributed by atoms with E-state index in [4.69, 9.17) is 52.8 Å². The van der Waals surface area contributed by atoms with E-state index in [0.717, 1.165) is 16.0 Å². The van der Waals surface area contributed by atoms with Gasteiger partial charge in [0.05, 0.1) is 11.4 Å². The maximum Gasteiger partial charge on any atom is 0.163 e. The maximum atomic E-state index is 6.31. The number of benzene rings is 2. The summed E-state index contributed by atoms with van der Waals surface area (Å²) in [5.41, 5.74) is 8.21. The summed E-state index contributed by atoms with van der Waals surface area (Å²) in [7, 11) is 0. The van der Waals surface area contributed by atoms with Crippen LogP contribution in [-0.4, -0.2) is 4.57 Å². The van der Waals surface area contributed by atoms with Crippen molar-refractivity contribution >= 4 is 64.2 Å². The molecular weight excluding hydrogens is 391 g/mol. The van der Waals surface area contributed by atoms with Crippen LogP contribution < -0.4 is 5.73 Å². The first kappa shape index (κ1) is 16.8. The summed E-state index contributed by atoms with van der Waals surface area (Å²) in [6.07, 6.45) is 0. The quantitative estimate of drug-likeness (QED) is 0.505. The van der Waals surface area contributed by atoms with Crippen molar-refractivity contribution < 1.29 is 0 Å². The van der Waals surface area contributed by atoms with Crippen molar-refractivity contribution in [2.45, 2.75) is 6.54 Å². The van der Waals surface area contributed by atoms with Crippen LogP contribution in [0.15, 0.2) is 42.5 Å². The van der Waals surface area contributed by atoms with Gasteiger partial charge in [-0.25, -0.2) is 0 Å². The Hall–Kier alpha value is -1.04. The molecule has 0 saturated heterocycles. The fraction of sp³-hybridized carbons (Fsp3) is 0.0625. The zero-order valence-electron chi connectivity index (χ0n) is 11.7. The van der Waals surface area contributed by atoms with E-state index in [-0.39, 0.29) is 0 Å². The number of nitrogen functional groups attached to an aromatic ring is 1. The first-order chi connectivity index (χ1) is 11.0. The molecule has 0 unspecified atom stereocenters. The minimum Gasteiger partial charge on any atom is -0.384 e. The lowest BCUT2D eigenvalue weighted by atomic mass is 10.2. The highest BCUT2D eigenvalue weighted by atomic mass is 35.5. The van der Waals surface area contributed by atoms with Gasteiger partial charge in [0.2, 0.25) is 0 Å². The summed E-state index contributed by atoms with van der Waals surface area (Å²) in [6, 6.07) is 12.9. The van der Waals surface area contributed by atoms with Gasteiger partial charge in [-0.1, -0.05) is 53.0 Å². The van der Waals surface area contributed by atoms with Crippen LogP contribution in [0.3, 0.4) is 0 Å². The van der Waals surface area contributed by atoms with Crippen LogP contribution in [0.4, 0.5) is 5.82 Å². The average Bonchev–Trinajstić information content (AvgIpc) is 2.78. The molecule has 0 spiro atoms. The largest absolute Gasteiger partial charge is 0.384 e. The zero-order valence-corrected chi connectivity index (χ0v) is 15.6. The molecule has 3 rings (SSSR count). The fourth-order valence-electron chi connectivity index (χ4n) is 2.19. The third kappa shape index (κ3) is 3.57. The summed E-state index contributed by atoms with van der Waals surface area (Å²) in [5.74, 6) is 0.619. The van der Waals surface area contributed by atoms with Crippen LogP contribution >= 0.6 is 58.4 Å². The van der Waals surface area contributed by atoms with E-state index in [0.29, 0.717) is 31.4 Å². The Bertz CT molecular complexity index is 914. The summed E-state index contributed by atoms with van der Waals surface area (Å²) < 4.78 is 2.57. The lowest BCUT2D eigenvalue weighted by molar-refractivity contribution is 0.813. The molecule has 0 atom stereocenters. The number of hydrogen-bond acceptors (Lipinski definition) is 3. The molecule has 23 heavy (non-hydrogen) atoms. The van der Waals surface area contributed by atoms with E-state index in [1.54, 1.807) is 12.1 Å². The van der Waals surface area contributed by atoms with E-state index in [9.17, 15) is 0 Å². The lowest BCUT2D eigenvalue weighted by Gasteiger charge is -2.09. The van der Waals surface area contributed by atoms with Crippen LogP contribution in [0.2, 0.25) is 15.1 Å². The Balaban J connectivity index is 2.01. The molecule has 7 heteroatoms. The summed E-state index contributed by atoms with van der Waals surface area (Å²) in [6.45, 7) is 0.505. The molecule has 3 aromatic rings. The first-order valence-electron chi connectivity index (χ1n) is 6.64. The number of halogens is 3. The van der Waals surface area contributed by atoms with Gasteiger partial charge in [0.1, 0.15) is 5.82 Å². The van der Waals surface area contributed by atoms with E-state index in [1.807, 2.05) is 34.9 Å². The molecule has 118 valence electrons. The van der Waals surface area contributed by atoms with Crippen LogP contribution in [-0.2, 0) is 6.54 Å². The highest BCUT2D eigenvalue weighted by Crippen LogP contribution is 2.34. The average molecular weight is 402 g/mol. The number of nitrogens with two attached hydrogens (primary N) is 1. The molecule has 0 bridgehead atoms. The van der Waals surface area contributed by atoms with E-state index in [1.165, 1.54) is 11.3 Å². The molecule has 0 saturated carbocycles. The summed E-state index contributed by atoms with van der Waals surface area (Å²) in [4.78, 5) is 0.928. The van der Waals surface area contributed by atoms with Gasteiger partial charge in [0.15, 0.2) is 3.95 Å². The van der Waals surface area contributed by atoms with Crippen molar-refractivity contribution in [3.05, 3.63) is 67.1 Å². The number of anilines is 1. The van der Waals surface area contributed by atoms with Gasteiger partial charge >= 0.3 is 0 Å². The smallest absolute Gasteiger partial charge is 0.163 e. The monoisotopic (exact) mass is 400 g/mol. The second-order valence-corrected chi connectivity index (χ2v) is 7.84. The maximum absolute atomic E-state index is 6.31. The molecule has 0 amide bonds. The minimum absolute atomic E-state index is 0.505. The molecule has 0 aliphatic rings. The Labute approximate surface area is 158 Å². The van der Waals surface area contributed by atoms with Crippen LogP contribution in [0.5, 0.6) is 0 Å². The summed E-state index contributed by atoms with van der Waals surface area (Å²) >= 11 is 25.0. The van der Waals surface area contributed by atoms with Crippen LogP contribution in [0.25, 0.3) is 10.4 Å². The third-order valence-corrected chi connectivity index (χ3v) is 5.74. The van der Waals surface area contributed by atoms with Gasteiger partial charge in [-0.2, -0.15) is 0 Å². The van der Waals surface area contributed by atoms with Crippen molar-refractivity contribution in [3.8, 4) is 10.4 Å². The number of aromatic nitrogens is 1. The lowest BCUT2D eigenvalue weighted by Crippen LogP contribution is -2.05. The van der Waals surface area contributed by atoms with Gasteiger partial charge in [0.25, 0.3) is 0 Å². The molecular formula is C16H11Cl3N2S2. The van der Waals surface area contributed by atoms with Gasteiger partial charge in [-0.3, -0.25) is 0 Å². The second-order valence-electron chi connectivity index (χ2n) is 4.91. The first-order valence-corrected chi connectivity index (χ1v) is 9.00. The number of thiazole rings is 1. The Morgan fingerprint density at radius 2 is 1.65 bits per heavy atom. The molecule has 2 N–H and O–H groups in total. The highest BCUT2D eigenvalue weighted by Gasteiger charge is 2.13. The highest BCUT2D eigenvalue weighted by molar-refractivity contribution is 7.73. The molecule has 0 aliphatic heterocycles. The second kappa shape index (κ2) is 6.83. The fourth-order valence-corrected chi connectivity index (χ4v) is 4.12. The van der Waals surface area contributed by atoms with Crippen molar-refractivity contribution in [2.24, 2.45) is 0 Å². The number of hydrogen-bond donors (Lipinski definition) is 1. The topological polar surface area (TPSA) is 30.9 Å². The van der Waals surface area contributed by atoms with Gasteiger partial charge in [-0.15, -0.1) is 11.3 Å². The Morgan fingerprint density at radius 1 is 1.00 bits per heavy atom. The Kier molecular flexibility index (Phi) is 4.99. The van der Waals surface area contributed by atoms with E-state index >= 15 is 0 Å². The standard InChI is InChI=1S/C16H11Cl3N2S2/c17-11-4-1-9(2-5-11)14-15(20)21(16(22)23-14)8-10-3-6-12(18)7-13(10)19/h1-7H,8,20H2. The third-order valence-electron chi connectivity index (χ3n) is 3.38. The SMILES string of the molecule is Nc1c(-c2ccc(Cl)cc2)sc(=S)n1Cc1ccc(Cl)cc1Cl. The number of nitrogens with zero attached hydrogens (tertiary/aromatic N) is 1. The van der Waals surface area contributed by atoms with Gasteiger partial charge in [-0.05, 0) is 47.6 Å². The normalized spacial score (nSPS) is 10.9. The number of rotatable bonds is 3. The van der Waals surface area contributed by atoms with Crippen molar-refractivity contribution in [1.82, 2.24) is 4.57 Å². The van der Waals surface area contributed by atoms with Gasteiger partial charge < -0.3 is 10.3 Å². The molecule has 1 aromatic heterocycles. The van der Waals surface area contributed by atoms with E-state index in [2.05, 4.69) is 0 Å². The predicted octanol–water partition coefficient (Wildman–Crippen LogP) is 6.54. The van der Waals surface area contributed by atoms with Crippen molar-refractivity contribution in [1.29, 1.82) is 0 Å². The van der Waals surface area contributed by atoms with Crippen molar-refractivity contribution in [3.63, 3.8) is 0 Å². The van der Waals surface area contributed by atoms with Gasteiger partial charge in [0, 0.05) is 15.1 Å². The Morgan fingerprint density at radius 3 is 2.30 bits per heavy atom. The molecule has 2 aromatic carbocycles. The van der Waals surface area contributed by atoms with Crippen LogP contribution in [0.1, 0.15) is 5.56 Å². The summed E-state index contributed by atoms with van der Waals surface area (Å²) in [5, 5.41) is 1.88. The molecule has 1 heterocycles. The molecule has 2 nitrogen and oxygen atoms in total.